The summed E-state index contributed by atoms with van der Waals surface area (Å²) >= 11 is 0. The normalized spacial score (nSPS) is 9.96. The van der Waals surface area contributed by atoms with Crippen LogP contribution in [0.2, 0.25) is 0 Å². The number of benzene rings is 3. The van der Waals surface area contributed by atoms with Gasteiger partial charge in [0.2, 0.25) is 5.91 Å². The van der Waals surface area contributed by atoms with Crippen molar-refractivity contribution in [1.82, 2.24) is 5.32 Å². The average molecular weight is 342 g/mol. The fourth-order valence-corrected chi connectivity index (χ4v) is 2.49. The van der Waals surface area contributed by atoms with E-state index in [1.165, 1.54) is 5.56 Å². The number of hydrogen-bond donors (Lipinski definition) is 1. The molecule has 0 aromatic heterocycles. The number of nitrogens with zero attached hydrogens (tertiary/aromatic N) is 1. The van der Waals surface area contributed by atoms with Crippen LogP contribution in [0.5, 0.6) is 11.5 Å². The molecule has 0 unspecified atom stereocenters. The number of hydrogen-bond acceptors (Lipinski definition) is 3. The summed E-state index contributed by atoms with van der Waals surface area (Å²) in [7, 11) is 0. The van der Waals surface area contributed by atoms with Crippen LogP contribution in [0.4, 0.5) is 0 Å². The molecule has 4 heteroatoms. The monoisotopic (exact) mass is 342 g/mol. The maximum absolute atomic E-state index is 11.3. The van der Waals surface area contributed by atoms with Gasteiger partial charge in [-0.3, -0.25) is 4.79 Å². The Balaban J connectivity index is 1.59. The lowest BCUT2D eigenvalue weighted by atomic mass is 10.1. The van der Waals surface area contributed by atoms with Gasteiger partial charge in [0.1, 0.15) is 17.9 Å². The van der Waals surface area contributed by atoms with E-state index >= 15 is 0 Å². The smallest absolute Gasteiger partial charge is 0.234 e. The Labute approximate surface area is 152 Å². The fourth-order valence-electron chi connectivity index (χ4n) is 2.49. The van der Waals surface area contributed by atoms with E-state index in [0.717, 1.165) is 22.6 Å². The molecule has 0 bridgehead atoms. The lowest BCUT2D eigenvalue weighted by molar-refractivity contribution is -0.120. The van der Waals surface area contributed by atoms with E-state index in [2.05, 4.69) is 17.4 Å². The van der Waals surface area contributed by atoms with Crippen LogP contribution in [-0.2, 0) is 11.3 Å². The predicted molar refractivity (Wildman–Crippen MR) is 100 cm³/mol. The van der Waals surface area contributed by atoms with Gasteiger partial charge in [0.25, 0.3) is 0 Å². The number of ether oxygens (including phenoxy) is 1. The first-order valence-electron chi connectivity index (χ1n) is 8.30. The van der Waals surface area contributed by atoms with Crippen LogP contribution in [0.3, 0.4) is 0 Å². The second-order valence-corrected chi connectivity index (χ2v) is 5.75. The van der Waals surface area contributed by atoms with Crippen LogP contribution in [0, 0.1) is 11.3 Å². The molecule has 0 fully saturated rings. The Kier molecular flexibility index (Phi) is 5.64. The first-order chi connectivity index (χ1) is 12.7. The van der Waals surface area contributed by atoms with Gasteiger partial charge < -0.3 is 10.1 Å². The summed E-state index contributed by atoms with van der Waals surface area (Å²) in [6.07, 6.45) is -0.125. The molecule has 0 saturated carbocycles. The summed E-state index contributed by atoms with van der Waals surface area (Å²) in [5.74, 6) is 1.22. The van der Waals surface area contributed by atoms with Crippen LogP contribution in [0.1, 0.15) is 12.0 Å². The van der Waals surface area contributed by atoms with E-state index in [9.17, 15) is 4.79 Å². The van der Waals surface area contributed by atoms with Crippen LogP contribution < -0.4 is 10.1 Å². The van der Waals surface area contributed by atoms with Crippen LogP contribution >= 0.6 is 0 Å². The summed E-state index contributed by atoms with van der Waals surface area (Å²) in [5, 5.41) is 11.2. The first-order valence-corrected chi connectivity index (χ1v) is 8.30. The van der Waals surface area contributed by atoms with Gasteiger partial charge in [0.05, 0.1) is 6.07 Å². The molecule has 1 N–H and O–H groups in total. The third-order valence-corrected chi connectivity index (χ3v) is 3.85. The van der Waals surface area contributed by atoms with Crippen molar-refractivity contribution < 1.29 is 9.53 Å². The topological polar surface area (TPSA) is 62.1 Å². The van der Waals surface area contributed by atoms with Crippen LogP contribution in [0.25, 0.3) is 11.1 Å². The predicted octanol–water partition coefficient (Wildman–Crippen LogP) is 4.68. The van der Waals surface area contributed by atoms with Crippen LogP contribution in [-0.4, -0.2) is 5.91 Å². The molecule has 3 rings (SSSR count). The molecular weight excluding hydrogens is 324 g/mol. The standard InChI is InChI=1S/C22H18N2O2/c23-15-14-22(25)24-16-17-6-10-20(11-7-17)26-21-12-8-19(9-13-21)18-4-2-1-3-5-18/h1-13H,14,16H2,(H,24,25). The van der Waals surface area contributed by atoms with E-state index in [1.54, 1.807) is 0 Å². The molecule has 128 valence electrons. The largest absolute Gasteiger partial charge is 0.457 e. The van der Waals surface area contributed by atoms with Crippen molar-refractivity contribution in [2.75, 3.05) is 0 Å². The van der Waals surface area contributed by atoms with Gasteiger partial charge in [-0.25, -0.2) is 0 Å². The molecule has 26 heavy (non-hydrogen) atoms. The highest BCUT2D eigenvalue weighted by Gasteiger charge is 2.02. The van der Waals surface area contributed by atoms with Gasteiger partial charge >= 0.3 is 0 Å². The van der Waals surface area contributed by atoms with Crippen molar-refractivity contribution in [3.8, 4) is 28.7 Å². The number of carbonyl (C=O) groups excluding carboxylic acids is 1. The lowest BCUT2D eigenvalue weighted by Gasteiger charge is -2.08. The summed E-state index contributed by atoms with van der Waals surface area (Å²) in [6.45, 7) is 0.395. The zero-order valence-electron chi connectivity index (χ0n) is 14.2. The SMILES string of the molecule is N#CCC(=O)NCc1ccc(Oc2ccc(-c3ccccc3)cc2)cc1. The number of nitriles is 1. The van der Waals surface area contributed by atoms with Gasteiger partial charge in [0.15, 0.2) is 0 Å². The van der Waals surface area contributed by atoms with Gasteiger partial charge in [0, 0.05) is 6.54 Å². The zero-order chi connectivity index (χ0) is 18.2. The number of nitrogens with one attached hydrogen (secondary N) is 1. The Morgan fingerprint density at radius 2 is 1.42 bits per heavy atom. The molecule has 0 aliphatic carbocycles. The molecule has 0 atom stereocenters. The molecule has 1 amide bonds. The summed E-state index contributed by atoms with van der Waals surface area (Å²) in [6, 6.07) is 27.4. The van der Waals surface area contributed by atoms with Gasteiger partial charge in [-0.05, 0) is 41.0 Å². The van der Waals surface area contributed by atoms with Gasteiger partial charge in [-0.2, -0.15) is 5.26 Å². The Morgan fingerprint density at radius 3 is 2.04 bits per heavy atom. The number of carbonyl (C=O) groups is 1. The quantitative estimate of drug-likeness (QED) is 0.708. The molecule has 0 heterocycles. The highest BCUT2D eigenvalue weighted by molar-refractivity contribution is 5.77. The minimum absolute atomic E-state index is 0.125. The number of rotatable bonds is 6. The van der Waals surface area contributed by atoms with Gasteiger partial charge in [-0.15, -0.1) is 0 Å². The Morgan fingerprint density at radius 1 is 0.846 bits per heavy atom. The first kappa shape index (κ1) is 17.2. The minimum Gasteiger partial charge on any atom is -0.457 e. The van der Waals surface area contributed by atoms with Crippen molar-refractivity contribution in [3.63, 3.8) is 0 Å². The molecule has 3 aromatic carbocycles. The molecule has 4 nitrogen and oxygen atoms in total. The van der Waals surface area contributed by atoms with E-state index < -0.39 is 0 Å². The lowest BCUT2D eigenvalue weighted by Crippen LogP contribution is -2.21. The Hall–Kier alpha value is -3.58. The highest BCUT2D eigenvalue weighted by Crippen LogP contribution is 2.25. The minimum atomic E-state index is -0.272. The van der Waals surface area contributed by atoms with Crippen molar-refractivity contribution >= 4 is 5.91 Å². The summed E-state index contributed by atoms with van der Waals surface area (Å²) in [4.78, 5) is 11.3. The van der Waals surface area contributed by atoms with E-state index in [0.29, 0.717) is 6.54 Å². The molecule has 0 spiro atoms. The van der Waals surface area contributed by atoms with E-state index in [-0.39, 0.29) is 12.3 Å². The molecule has 0 aliphatic heterocycles. The third-order valence-electron chi connectivity index (χ3n) is 3.85. The van der Waals surface area contributed by atoms with Crippen molar-refractivity contribution in [1.29, 1.82) is 5.26 Å². The maximum Gasteiger partial charge on any atom is 0.234 e. The van der Waals surface area contributed by atoms with Crippen molar-refractivity contribution in [2.45, 2.75) is 13.0 Å². The zero-order valence-corrected chi connectivity index (χ0v) is 14.2. The average Bonchev–Trinajstić information content (AvgIpc) is 2.69. The maximum atomic E-state index is 11.3. The molecule has 0 aliphatic rings. The second kappa shape index (κ2) is 8.50. The summed E-state index contributed by atoms with van der Waals surface area (Å²) in [5.41, 5.74) is 3.26. The molecule has 0 radical (unpaired) electrons. The molecule has 0 saturated heterocycles. The number of amides is 1. The molecule has 3 aromatic rings. The fraction of sp³-hybridized carbons (Fsp3) is 0.0909. The second-order valence-electron chi connectivity index (χ2n) is 5.75. The van der Waals surface area contributed by atoms with Crippen molar-refractivity contribution in [3.05, 3.63) is 84.4 Å². The molecular formula is C22H18N2O2. The van der Waals surface area contributed by atoms with E-state index in [4.69, 9.17) is 10.00 Å². The van der Waals surface area contributed by atoms with Gasteiger partial charge in [-0.1, -0.05) is 54.6 Å². The third kappa shape index (κ3) is 4.71. The highest BCUT2D eigenvalue weighted by atomic mass is 16.5. The van der Waals surface area contributed by atoms with Crippen molar-refractivity contribution in [2.24, 2.45) is 0 Å². The van der Waals surface area contributed by atoms with E-state index in [1.807, 2.05) is 72.8 Å². The van der Waals surface area contributed by atoms with Crippen LogP contribution in [0.15, 0.2) is 78.9 Å². The Bertz CT molecular complexity index is 896. The summed E-state index contributed by atoms with van der Waals surface area (Å²) < 4.78 is 5.86.